The number of carbonyl (C=O) groups is 1. The third-order valence-corrected chi connectivity index (χ3v) is 4.71. The maximum Gasteiger partial charge on any atom is 0.410 e. The smallest absolute Gasteiger partial charge is 0.410 e. The molecule has 1 atom stereocenters. The first-order chi connectivity index (χ1) is 12.9. The molecule has 0 spiro atoms. The van der Waals surface area contributed by atoms with Crippen molar-refractivity contribution < 1.29 is 9.53 Å². The molecule has 27 heavy (non-hydrogen) atoms. The van der Waals surface area contributed by atoms with Gasteiger partial charge in [0.05, 0.1) is 17.9 Å². The van der Waals surface area contributed by atoms with Crippen LogP contribution in [0.15, 0.2) is 18.3 Å². The molecule has 0 saturated carbocycles. The Balaban J connectivity index is 1.67. The van der Waals surface area contributed by atoms with Crippen LogP contribution in [0.4, 0.5) is 10.6 Å². The van der Waals surface area contributed by atoms with Gasteiger partial charge in [-0.1, -0.05) is 13.3 Å². The number of fused-ring (bicyclic) bond motifs is 1. The maximum absolute atomic E-state index is 12.5. The summed E-state index contributed by atoms with van der Waals surface area (Å²) in [6, 6.07) is 4.03. The van der Waals surface area contributed by atoms with E-state index in [9.17, 15) is 4.79 Å². The molecule has 2 aromatic heterocycles. The maximum atomic E-state index is 12.5. The molecule has 1 amide bonds. The van der Waals surface area contributed by atoms with Crippen LogP contribution < -0.4 is 5.32 Å². The highest BCUT2D eigenvalue weighted by atomic mass is 16.6. The number of imidazole rings is 1. The molecule has 1 fully saturated rings. The molecule has 0 aliphatic carbocycles. The van der Waals surface area contributed by atoms with E-state index in [1.54, 1.807) is 0 Å². The summed E-state index contributed by atoms with van der Waals surface area (Å²) in [4.78, 5) is 18.8. The van der Waals surface area contributed by atoms with Gasteiger partial charge in [0, 0.05) is 13.1 Å². The molecule has 1 saturated heterocycles. The summed E-state index contributed by atoms with van der Waals surface area (Å²) >= 11 is 0. The van der Waals surface area contributed by atoms with E-state index in [2.05, 4.69) is 22.3 Å². The summed E-state index contributed by atoms with van der Waals surface area (Å²) in [6.45, 7) is 9.27. The number of aryl methyl sites for hydroxylation is 1. The van der Waals surface area contributed by atoms with Crippen molar-refractivity contribution in [1.82, 2.24) is 19.5 Å². The molecule has 3 rings (SSSR count). The standard InChI is InChI=1S/C20H31N5O2/c1-5-8-16-14-22-18-11-10-17(23-25(16)18)21-13-15-9-6-7-12-24(15)19(26)27-20(2,3)4/h10-11,14-15H,5-9,12-13H2,1-4H3,(H,21,23). The fraction of sp³-hybridized carbons (Fsp3) is 0.650. The Bertz CT molecular complexity index is 780. The monoisotopic (exact) mass is 373 g/mol. The van der Waals surface area contributed by atoms with Crippen molar-refractivity contribution in [3.63, 3.8) is 0 Å². The molecule has 1 N–H and O–H groups in total. The van der Waals surface area contributed by atoms with E-state index in [-0.39, 0.29) is 12.1 Å². The highest BCUT2D eigenvalue weighted by Gasteiger charge is 2.30. The van der Waals surface area contributed by atoms with Gasteiger partial charge in [-0.3, -0.25) is 0 Å². The van der Waals surface area contributed by atoms with Gasteiger partial charge in [0.15, 0.2) is 5.65 Å². The largest absolute Gasteiger partial charge is 0.444 e. The minimum Gasteiger partial charge on any atom is -0.444 e. The molecule has 7 nitrogen and oxygen atoms in total. The number of nitrogens with one attached hydrogen (secondary N) is 1. The van der Waals surface area contributed by atoms with Crippen LogP contribution in [0.3, 0.4) is 0 Å². The number of anilines is 1. The molecule has 1 aliphatic heterocycles. The Hall–Kier alpha value is -2.31. The number of rotatable bonds is 5. The number of likely N-dealkylation sites (tertiary alicyclic amines) is 1. The van der Waals surface area contributed by atoms with Crippen LogP contribution in [0.2, 0.25) is 0 Å². The van der Waals surface area contributed by atoms with Gasteiger partial charge in [-0.05, 0) is 58.6 Å². The van der Waals surface area contributed by atoms with Crippen molar-refractivity contribution in [3.05, 3.63) is 24.0 Å². The van der Waals surface area contributed by atoms with Crippen molar-refractivity contribution in [1.29, 1.82) is 0 Å². The van der Waals surface area contributed by atoms with Crippen LogP contribution in [0.5, 0.6) is 0 Å². The van der Waals surface area contributed by atoms with Crippen molar-refractivity contribution in [3.8, 4) is 0 Å². The van der Waals surface area contributed by atoms with E-state index in [0.717, 1.165) is 55.8 Å². The van der Waals surface area contributed by atoms with Gasteiger partial charge in [0.2, 0.25) is 0 Å². The first kappa shape index (κ1) is 19.5. The number of hydrogen-bond donors (Lipinski definition) is 1. The van der Waals surface area contributed by atoms with Crippen LogP contribution in [0, 0.1) is 0 Å². The first-order valence-corrected chi connectivity index (χ1v) is 9.94. The van der Waals surface area contributed by atoms with Crippen molar-refractivity contribution >= 4 is 17.6 Å². The Kier molecular flexibility index (Phi) is 5.87. The Morgan fingerprint density at radius 3 is 2.89 bits per heavy atom. The van der Waals surface area contributed by atoms with Gasteiger partial charge >= 0.3 is 6.09 Å². The minimum absolute atomic E-state index is 0.115. The Morgan fingerprint density at radius 2 is 2.15 bits per heavy atom. The second-order valence-corrected chi connectivity index (χ2v) is 8.19. The predicted octanol–water partition coefficient (Wildman–Crippen LogP) is 3.88. The number of hydrogen-bond acceptors (Lipinski definition) is 5. The fourth-order valence-corrected chi connectivity index (χ4v) is 3.44. The van der Waals surface area contributed by atoms with E-state index in [0.29, 0.717) is 6.54 Å². The molecule has 3 heterocycles. The van der Waals surface area contributed by atoms with Gasteiger partial charge in [-0.25, -0.2) is 14.3 Å². The van der Waals surface area contributed by atoms with Crippen molar-refractivity contribution in [2.24, 2.45) is 0 Å². The predicted molar refractivity (Wildman–Crippen MR) is 106 cm³/mol. The molecular weight excluding hydrogens is 342 g/mol. The van der Waals surface area contributed by atoms with Crippen LogP contribution in [0.25, 0.3) is 5.65 Å². The number of piperidine rings is 1. The second-order valence-electron chi connectivity index (χ2n) is 8.19. The zero-order valence-electron chi connectivity index (χ0n) is 16.9. The Labute approximate surface area is 161 Å². The quantitative estimate of drug-likeness (QED) is 0.861. The second kappa shape index (κ2) is 8.15. The first-order valence-electron chi connectivity index (χ1n) is 9.94. The van der Waals surface area contributed by atoms with Gasteiger partial charge in [0.25, 0.3) is 0 Å². The van der Waals surface area contributed by atoms with E-state index >= 15 is 0 Å². The summed E-state index contributed by atoms with van der Waals surface area (Å²) in [7, 11) is 0. The molecule has 1 aliphatic rings. The number of carbonyl (C=O) groups excluding carboxylic acids is 1. The zero-order valence-corrected chi connectivity index (χ0v) is 16.9. The highest BCUT2D eigenvalue weighted by molar-refractivity contribution is 5.68. The van der Waals surface area contributed by atoms with E-state index < -0.39 is 5.60 Å². The number of ether oxygens (including phenoxy) is 1. The van der Waals surface area contributed by atoms with Gasteiger partial charge in [-0.2, -0.15) is 0 Å². The fourth-order valence-electron chi connectivity index (χ4n) is 3.44. The summed E-state index contributed by atoms with van der Waals surface area (Å²) in [5, 5.41) is 8.08. The van der Waals surface area contributed by atoms with Gasteiger partial charge < -0.3 is 15.0 Å². The van der Waals surface area contributed by atoms with E-state index in [1.165, 1.54) is 0 Å². The van der Waals surface area contributed by atoms with Crippen molar-refractivity contribution in [2.75, 3.05) is 18.4 Å². The molecule has 0 radical (unpaired) electrons. The molecule has 2 aromatic rings. The molecule has 148 valence electrons. The van der Waals surface area contributed by atoms with E-state index in [4.69, 9.17) is 4.74 Å². The lowest BCUT2D eigenvalue weighted by atomic mass is 10.0. The average Bonchev–Trinajstić information content (AvgIpc) is 3.01. The van der Waals surface area contributed by atoms with Gasteiger partial charge in [0.1, 0.15) is 11.4 Å². The lowest BCUT2D eigenvalue weighted by molar-refractivity contribution is 0.0114. The average molecular weight is 374 g/mol. The van der Waals surface area contributed by atoms with Crippen LogP contribution in [-0.2, 0) is 11.2 Å². The lowest BCUT2D eigenvalue weighted by Gasteiger charge is -2.36. The normalized spacial score (nSPS) is 17.9. The van der Waals surface area contributed by atoms with Crippen LogP contribution in [-0.4, -0.2) is 50.3 Å². The van der Waals surface area contributed by atoms with Crippen LogP contribution >= 0.6 is 0 Å². The number of nitrogens with zero attached hydrogens (tertiary/aromatic N) is 4. The minimum atomic E-state index is -0.476. The topological polar surface area (TPSA) is 71.8 Å². The summed E-state index contributed by atoms with van der Waals surface area (Å²) in [5.74, 6) is 0.799. The SMILES string of the molecule is CCCc1cnc2ccc(NCC3CCCCN3C(=O)OC(C)(C)C)nn12. The molecule has 1 unspecified atom stereocenters. The zero-order chi connectivity index (χ0) is 19.4. The van der Waals surface area contributed by atoms with Gasteiger partial charge in [-0.15, -0.1) is 5.10 Å². The summed E-state index contributed by atoms with van der Waals surface area (Å²) in [6.07, 6.45) is 6.79. The third kappa shape index (κ3) is 4.90. The number of aromatic nitrogens is 3. The summed E-state index contributed by atoms with van der Waals surface area (Å²) < 4.78 is 7.48. The van der Waals surface area contributed by atoms with Crippen LogP contribution in [0.1, 0.15) is 59.1 Å². The summed E-state index contributed by atoms with van der Waals surface area (Å²) in [5.41, 5.74) is 1.50. The highest BCUT2D eigenvalue weighted by Crippen LogP contribution is 2.21. The molecule has 0 aromatic carbocycles. The third-order valence-electron chi connectivity index (χ3n) is 4.71. The van der Waals surface area contributed by atoms with Crippen molar-refractivity contribution in [2.45, 2.75) is 71.4 Å². The molecule has 0 bridgehead atoms. The Morgan fingerprint density at radius 1 is 1.33 bits per heavy atom. The number of amides is 1. The lowest BCUT2D eigenvalue weighted by Crippen LogP contribution is -2.49. The molecular formula is C20H31N5O2. The molecule has 7 heteroatoms. The van der Waals surface area contributed by atoms with E-state index in [1.807, 2.05) is 48.5 Å².